The molecule has 164 valence electrons. The summed E-state index contributed by atoms with van der Waals surface area (Å²) >= 11 is 0. The topological polar surface area (TPSA) is 78.1 Å². The molecule has 2 fully saturated rings. The fourth-order valence-electron chi connectivity index (χ4n) is 5.04. The van der Waals surface area contributed by atoms with Crippen molar-refractivity contribution in [2.24, 2.45) is 7.05 Å². The molecule has 1 saturated carbocycles. The molecule has 1 aliphatic heterocycles. The van der Waals surface area contributed by atoms with E-state index in [1.165, 1.54) is 12.8 Å². The molecule has 0 N–H and O–H groups in total. The lowest BCUT2D eigenvalue weighted by Crippen LogP contribution is -2.37. The van der Waals surface area contributed by atoms with Crippen LogP contribution in [0.15, 0.2) is 41.3 Å². The van der Waals surface area contributed by atoms with E-state index in [1.54, 1.807) is 18.7 Å². The third-order valence-electron chi connectivity index (χ3n) is 7.05. The number of rotatable bonds is 4. The van der Waals surface area contributed by atoms with Crippen molar-refractivity contribution in [1.29, 1.82) is 0 Å². The minimum Gasteiger partial charge on any atom is -0.381 e. The molecule has 8 nitrogen and oxygen atoms in total. The van der Waals surface area contributed by atoms with Gasteiger partial charge < -0.3 is 9.64 Å². The highest BCUT2D eigenvalue weighted by atomic mass is 16.5. The summed E-state index contributed by atoms with van der Waals surface area (Å²) in [5, 5.41) is 9.70. The molecule has 0 atom stereocenters. The van der Waals surface area contributed by atoms with Gasteiger partial charge in [-0.15, -0.1) is 10.2 Å². The molecular formula is C24H26N6O2. The predicted molar refractivity (Wildman–Crippen MR) is 124 cm³/mol. The van der Waals surface area contributed by atoms with Crippen LogP contribution in [0.4, 0.5) is 5.82 Å². The van der Waals surface area contributed by atoms with Gasteiger partial charge in [-0.05, 0) is 55.5 Å². The van der Waals surface area contributed by atoms with Crippen LogP contribution in [0.2, 0.25) is 0 Å². The van der Waals surface area contributed by atoms with Gasteiger partial charge in [-0.3, -0.25) is 9.13 Å². The second-order valence-corrected chi connectivity index (χ2v) is 8.90. The monoisotopic (exact) mass is 430 g/mol. The van der Waals surface area contributed by atoms with Gasteiger partial charge in [0.2, 0.25) is 0 Å². The number of fused-ring (bicyclic) bond motifs is 3. The minimum atomic E-state index is -0.0524. The van der Waals surface area contributed by atoms with Gasteiger partial charge in [0.05, 0.1) is 11.6 Å². The first-order valence-corrected chi connectivity index (χ1v) is 11.3. The van der Waals surface area contributed by atoms with Crippen molar-refractivity contribution >= 4 is 27.9 Å². The highest BCUT2D eigenvalue weighted by molar-refractivity contribution is 6.02. The average Bonchev–Trinajstić information content (AvgIpc) is 3.42. The van der Waals surface area contributed by atoms with Crippen LogP contribution in [-0.2, 0) is 11.8 Å². The Hall–Kier alpha value is -3.26. The average molecular weight is 431 g/mol. The molecule has 1 aromatic carbocycles. The van der Waals surface area contributed by atoms with Gasteiger partial charge in [-0.1, -0.05) is 6.07 Å². The van der Waals surface area contributed by atoms with E-state index in [-0.39, 0.29) is 17.8 Å². The first-order chi connectivity index (χ1) is 15.6. The maximum Gasteiger partial charge on any atom is 0.330 e. The summed E-state index contributed by atoms with van der Waals surface area (Å²) in [5.74, 6) is 1.04. The summed E-state index contributed by atoms with van der Waals surface area (Å²) in [4.78, 5) is 20.1. The lowest BCUT2D eigenvalue weighted by atomic mass is 9.89. The Kier molecular flexibility index (Phi) is 4.50. The zero-order chi connectivity index (χ0) is 21.8. The fraction of sp³-hybridized carbons (Fsp3) is 0.417. The van der Waals surface area contributed by atoms with Gasteiger partial charge in [0, 0.05) is 50.4 Å². The van der Waals surface area contributed by atoms with E-state index < -0.39 is 0 Å². The molecule has 1 saturated heterocycles. The van der Waals surface area contributed by atoms with Gasteiger partial charge in [0.1, 0.15) is 11.3 Å². The number of benzene rings is 1. The second kappa shape index (κ2) is 7.41. The molecular weight excluding hydrogens is 404 g/mol. The van der Waals surface area contributed by atoms with Crippen molar-refractivity contribution in [3.63, 3.8) is 0 Å². The Morgan fingerprint density at radius 1 is 1.03 bits per heavy atom. The Bertz CT molecular complexity index is 1360. The number of anilines is 1. The zero-order valence-corrected chi connectivity index (χ0v) is 18.4. The minimum absolute atomic E-state index is 0.0524. The van der Waals surface area contributed by atoms with Crippen LogP contribution in [-0.4, -0.2) is 50.6 Å². The van der Waals surface area contributed by atoms with Crippen molar-refractivity contribution in [2.75, 3.05) is 25.1 Å². The summed E-state index contributed by atoms with van der Waals surface area (Å²) in [6.07, 6.45) is 6.28. The third kappa shape index (κ3) is 2.93. The predicted octanol–water partition coefficient (Wildman–Crippen LogP) is 3.30. The van der Waals surface area contributed by atoms with E-state index in [1.807, 2.05) is 22.9 Å². The molecule has 2 aliphatic rings. The maximum absolute atomic E-state index is 13.1. The zero-order valence-electron chi connectivity index (χ0n) is 18.4. The van der Waals surface area contributed by atoms with Crippen molar-refractivity contribution in [3.05, 3.63) is 47.0 Å². The number of ether oxygens (including phenoxy) is 1. The SMILES string of the molecule is CO[C@H]1C[C@@H](n2c(=O)n(C)c3nnc4ccc(-c5ccc(N6CCCC6)nc5)cc4c32)C1. The number of pyridine rings is 1. The van der Waals surface area contributed by atoms with Gasteiger partial charge in [-0.25, -0.2) is 9.78 Å². The van der Waals surface area contributed by atoms with E-state index in [0.717, 1.165) is 59.3 Å². The van der Waals surface area contributed by atoms with E-state index in [9.17, 15) is 4.79 Å². The molecule has 0 bridgehead atoms. The normalized spacial score (nSPS) is 20.9. The van der Waals surface area contributed by atoms with Gasteiger partial charge in [0.25, 0.3) is 0 Å². The Labute approximate surface area is 185 Å². The van der Waals surface area contributed by atoms with Crippen molar-refractivity contribution in [2.45, 2.75) is 37.8 Å². The molecule has 6 rings (SSSR count). The summed E-state index contributed by atoms with van der Waals surface area (Å²) in [6.45, 7) is 2.16. The molecule has 0 amide bonds. The van der Waals surface area contributed by atoms with Gasteiger partial charge in [-0.2, -0.15) is 0 Å². The molecule has 0 unspecified atom stereocenters. The highest BCUT2D eigenvalue weighted by Gasteiger charge is 2.34. The molecule has 1 aliphatic carbocycles. The summed E-state index contributed by atoms with van der Waals surface area (Å²) in [7, 11) is 3.49. The van der Waals surface area contributed by atoms with Gasteiger partial charge in [0.15, 0.2) is 5.65 Å². The standard InChI is InChI=1S/C24H26N6O2/c1-28-23-22(30(24(28)31)17-12-18(13-17)32-2)19-11-15(5-7-20(19)26-27-23)16-6-8-21(25-14-16)29-9-3-4-10-29/h5-8,11,14,17-18H,3-4,9-10,12-13H2,1-2H3/t17-,18+. The van der Waals surface area contributed by atoms with Crippen molar-refractivity contribution < 1.29 is 4.74 Å². The van der Waals surface area contributed by atoms with E-state index in [2.05, 4.69) is 33.3 Å². The first kappa shape index (κ1) is 19.4. The van der Waals surface area contributed by atoms with Crippen LogP contribution in [0.1, 0.15) is 31.7 Å². The Morgan fingerprint density at radius 3 is 2.53 bits per heavy atom. The highest BCUT2D eigenvalue weighted by Crippen LogP contribution is 2.37. The number of aryl methyl sites for hydroxylation is 1. The molecule has 0 spiro atoms. The van der Waals surface area contributed by atoms with Crippen LogP contribution in [0.25, 0.3) is 33.2 Å². The number of hydrogen-bond acceptors (Lipinski definition) is 6. The molecule has 3 aromatic heterocycles. The summed E-state index contributed by atoms with van der Waals surface area (Å²) in [6, 6.07) is 10.5. The van der Waals surface area contributed by atoms with Crippen molar-refractivity contribution in [3.8, 4) is 11.1 Å². The maximum atomic E-state index is 13.1. The number of hydrogen-bond donors (Lipinski definition) is 0. The molecule has 32 heavy (non-hydrogen) atoms. The number of imidazole rings is 1. The summed E-state index contributed by atoms with van der Waals surface area (Å²) < 4.78 is 8.93. The fourth-order valence-corrected chi connectivity index (χ4v) is 5.04. The smallest absolute Gasteiger partial charge is 0.330 e. The Morgan fingerprint density at radius 2 is 1.81 bits per heavy atom. The summed E-state index contributed by atoms with van der Waals surface area (Å²) in [5.41, 5.74) is 4.30. The van der Waals surface area contributed by atoms with Crippen LogP contribution < -0.4 is 10.6 Å². The van der Waals surface area contributed by atoms with Crippen molar-refractivity contribution in [1.82, 2.24) is 24.3 Å². The first-order valence-electron chi connectivity index (χ1n) is 11.3. The third-order valence-corrected chi connectivity index (χ3v) is 7.05. The second-order valence-electron chi connectivity index (χ2n) is 8.90. The van der Waals surface area contributed by atoms with Gasteiger partial charge >= 0.3 is 5.69 Å². The number of nitrogens with zero attached hydrogens (tertiary/aromatic N) is 6. The van der Waals surface area contributed by atoms with E-state index in [0.29, 0.717) is 5.65 Å². The van der Waals surface area contributed by atoms with E-state index >= 15 is 0 Å². The van der Waals surface area contributed by atoms with Crippen LogP contribution in [0.3, 0.4) is 0 Å². The van der Waals surface area contributed by atoms with E-state index in [4.69, 9.17) is 9.72 Å². The molecule has 8 heteroatoms. The van der Waals surface area contributed by atoms with Crippen LogP contribution >= 0.6 is 0 Å². The van der Waals surface area contributed by atoms with Crippen LogP contribution in [0.5, 0.6) is 0 Å². The lowest BCUT2D eigenvalue weighted by Gasteiger charge is -2.34. The number of methoxy groups -OCH3 is 1. The molecule has 4 aromatic rings. The number of aromatic nitrogens is 5. The Balaban J connectivity index is 1.47. The molecule has 0 radical (unpaired) electrons. The van der Waals surface area contributed by atoms with Crippen LogP contribution in [0, 0.1) is 0 Å². The largest absolute Gasteiger partial charge is 0.381 e. The lowest BCUT2D eigenvalue weighted by molar-refractivity contribution is 0.00635. The molecule has 4 heterocycles. The quantitative estimate of drug-likeness (QED) is 0.494.